The average Bonchev–Trinajstić information content (AvgIpc) is 2.33. The molecule has 16 heavy (non-hydrogen) atoms. The second-order valence-corrected chi connectivity index (χ2v) is 4.41. The van der Waals surface area contributed by atoms with E-state index in [1.54, 1.807) is 0 Å². The Hall–Kier alpha value is -1.29. The van der Waals surface area contributed by atoms with Crippen LogP contribution in [0.2, 0.25) is 0 Å². The van der Waals surface area contributed by atoms with Crippen molar-refractivity contribution in [2.75, 3.05) is 30.4 Å². The molecule has 2 rings (SSSR count). The van der Waals surface area contributed by atoms with Crippen molar-refractivity contribution in [3.8, 4) is 0 Å². The van der Waals surface area contributed by atoms with Gasteiger partial charge in [0.2, 0.25) is 0 Å². The van der Waals surface area contributed by atoms with E-state index in [9.17, 15) is 5.11 Å². The second-order valence-electron chi connectivity index (χ2n) is 4.41. The van der Waals surface area contributed by atoms with Gasteiger partial charge in [0, 0.05) is 20.1 Å². The first-order valence-electron chi connectivity index (χ1n) is 5.78. The minimum absolute atomic E-state index is 0.242. The van der Waals surface area contributed by atoms with Gasteiger partial charge in [0.25, 0.3) is 0 Å². The molecule has 1 saturated heterocycles. The maximum Gasteiger partial charge on any atom is 0.131 e. The summed E-state index contributed by atoms with van der Waals surface area (Å²) in [6, 6.07) is 5.91. The summed E-state index contributed by atoms with van der Waals surface area (Å²) in [5, 5.41) is 12.9. The van der Waals surface area contributed by atoms with Gasteiger partial charge in [-0.2, -0.15) is 0 Å². The highest BCUT2D eigenvalue weighted by atomic mass is 16.3. The lowest BCUT2D eigenvalue weighted by Crippen LogP contribution is -2.43. The molecule has 0 aromatic carbocycles. The van der Waals surface area contributed by atoms with E-state index in [0.29, 0.717) is 12.5 Å². The molecule has 1 aliphatic heterocycles. The molecule has 88 valence electrons. The molecule has 1 aliphatic rings. The lowest BCUT2D eigenvalue weighted by molar-refractivity contribution is 0.102. The minimum Gasteiger partial charge on any atom is -0.391 e. The van der Waals surface area contributed by atoms with Crippen LogP contribution in [0, 0.1) is 5.92 Å². The Kier molecular flexibility index (Phi) is 3.29. The van der Waals surface area contributed by atoms with E-state index in [-0.39, 0.29) is 6.10 Å². The lowest BCUT2D eigenvalue weighted by Gasteiger charge is -2.35. The van der Waals surface area contributed by atoms with Crippen LogP contribution in [0.1, 0.15) is 13.3 Å². The standard InChI is InChI=1S/C12H19N3O/c1-9-6-7-15(8-10(9)16)12-5-3-4-11(13-2)14-12/h3-5,9-10,16H,6-8H2,1-2H3,(H,13,14). The third-order valence-corrected chi connectivity index (χ3v) is 3.23. The van der Waals surface area contributed by atoms with Crippen molar-refractivity contribution in [3.63, 3.8) is 0 Å². The van der Waals surface area contributed by atoms with Crippen molar-refractivity contribution in [3.05, 3.63) is 18.2 Å². The Labute approximate surface area is 96.3 Å². The van der Waals surface area contributed by atoms with Crippen molar-refractivity contribution in [1.82, 2.24) is 4.98 Å². The molecule has 2 unspecified atom stereocenters. The number of anilines is 2. The normalized spacial score (nSPS) is 25.6. The lowest BCUT2D eigenvalue weighted by atomic mass is 9.96. The van der Waals surface area contributed by atoms with Gasteiger partial charge in [-0.25, -0.2) is 4.98 Å². The van der Waals surface area contributed by atoms with Gasteiger partial charge in [-0.15, -0.1) is 0 Å². The summed E-state index contributed by atoms with van der Waals surface area (Å²) in [6.45, 7) is 3.75. The summed E-state index contributed by atoms with van der Waals surface area (Å²) < 4.78 is 0. The first-order valence-corrected chi connectivity index (χ1v) is 5.78. The van der Waals surface area contributed by atoms with Crippen LogP contribution >= 0.6 is 0 Å². The van der Waals surface area contributed by atoms with Gasteiger partial charge >= 0.3 is 0 Å². The molecule has 2 heterocycles. The quantitative estimate of drug-likeness (QED) is 0.791. The van der Waals surface area contributed by atoms with Crippen LogP contribution in [0.4, 0.5) is 11.6 Å². The minimum atomic E-state index is -0.242. The number of nitrogens with zero attached hydrogens (tertiary/aromatic N) is 2. The third-order valence-electron chi connectivity index (χ3n) is 3.23. The number of aromatic nitrogens is 1. The van der Waals surface area contributed by atoms with Crippen LogP contribution < -0.4 is 10.2 Å². The molecule has 1 aromatic rings. The predicted octanol–water partition coefficient (Wildman–Crippen LogP) is 1.33. The van der Waals surface area contributed by atoms with E-state index in [1.807, 2.05) is 25.2 Å². The number of aliphatic hydroxyl groups excluding tert-OH is 1. The van der Waals surface area contributed by atoms with Crippen LogP contribution in [0.5, 0.6) is 0 Å². The summed E-state index contributed by atoms with van der Waals surface area (Å²) in [5.41, 5.74) is 0. The van der Waals surface area contributed by atoms with E-state index < -0.39 is 0 Å². The summed E-state index contributed by atoms with van der Waals surface area (Å²) in [4.78, 5) is 6.62. The topological polar surface area (TPSA) is 48.4 Å². The van der Waals surface area contributed by atoms with Gasteiger partial charge in [0.1, 0.15) is 11.6 Å². The molecule has 0 spiro atoms. The predicted molar refractivity (Wildman–Crippen MR) is 65.8 cm³/mol. The van der Waals surface area contributed by atoms with Crippen molar-refractivity contribution >= 4 is 11.6 Å². The van der Waals surface area contributed by atoms with Crippen LogP contribution in [0.25, 0.3) is 0 Å². The van der Waals surface area contributed by atoms with Gasteiger partial charge in [-0.05, 0) is 24.5 Å². The molecular formula is C12H19N3O. The first kappa shape index (κ1) is 11.2. The molecule has 2 N–H and O–H groups in total. The highest BCUT2D eigenvalue weighted by Gasteiger charge is 2.24. The second kappa shape index (κ2) is 4.70. The zero-order valence-electron chi connectivity index (χ0n) is 9.85. The smallest absolute Gasteiger partial charge is 0.131 e. The van der Waals surface area contributed by atoms with Crippen molar-refractivity contribution in [2.45, 2.75) is 19.4 Å². The van der Waals surface area contributed by atoms with Gasteiger partial charge in [0.15, 0.2) is 0 Å². The molecule has 0 radical (unpaired) electrons. The zero-order valence-corrected chi connectivity index (χ0v) is 9.85. The van der Waals surface area contributed by atoms with Crippen LogP contribution in [-0.2, 0) is 0 Å². The Balaban J connectivity index is 2.12. The number of hydrogen-bond acceptors (Lipinski definition) is 4. The fraction of sp³-hybridized carbons (Fsp3) is 0.583. The number of nitrogens with one attached hydrogen (secondary N) is 1. The van der Waals surface area contributed by atoms with Gasteiger partial charge < -0.3 is 15.3 Å². The first-order chi connectivity index (χ1) is 7.70. The fourth-order valence-electron chi connectivity index (χ4n) is 2.00. The van der Waals surface area contributed by atoms with Crippen LogP contribution in [0.15, 0.2) is 18.2 Å². The van der Waals surface area contributed by atoms with Crippen LogP contribution in [-0.4, -0.2) is 36.3 Å². The molecule has 1 fully saturated rings. The summed E-state index contributed by atoms with van der Waals surface area (Å²) in [5.74, 6) is 2.20. The number of β-amino-alcohol motifs (C(OH)–C–C–N with tert-alkyl or cyclic N) is 1. The van der Waals surface area contributed by atoms with Crippen molar-refractivity contribution in [1.29, 1.82) is 0 Å². The fourth-order valence-corrected chi connectivity index (χ4v) is 2.00. The van der Waals surface area contributed by atoms with E-state index in [2.05, 4.69) is 22.1 Å². The number of piperidine rings is 1. The molecule has 2 atom stereocenters. The van der Waals surface area contributed by atoms with Crippen LogP contribution in [0.3, 0.4) is 0 Å². The number of rotatable bonds is 2. The van der Waals surface area contributed by atoms with Crippen molar-refractivity contribution < 1.29 is 5.11 Å². The Morgan fingerprint density at radius 1 is 1.50 bits per heavy atom. The third kappa shape index (κ3) is 2.27. The van der Waals surface area contributed by atoms with E-state index >= 15 is 0 Å². The molecule has 0 aliphatic carbocycles. The van der Waals surface area contributed by atoms with E-state index in [0.717, 1.165) is 24.6 Å². The Bertz CT molecular complexity index is 356. The van der Waals surface area contributed by atoms with Gasteiger partial charge in [-0.1, -0.05) is 13.0 Å². The largest absolute Gasteiger partial charge is 0.391 e. The molecule has 4 heteroatoms. The molecule has 0 saturated carbocycles. The molecular weight excluding hydrogens is 202 g/mol. The molecule has 1 aromatic heterocycles. The maximum absolute atomic E-state index is 9.85. The average molecular weight is 221 g/mol. The molecule has 0 bridgehead atoms. The van der Waals surface area contributed by atoms with Crippen molar-refractivity contribution in [2.24, 2.45) is 5.92 Å². The van der Waals surface area contributed by atoms with Gasteiger partial charge in [0.05, 0.1) is 6.10 Å². The van der Waals surface area contributed by atoms with Gasteiger partial charge in [-0.3, -0.25) is 0 Å². The highest BCUT2D eigenvalue weighted by molar-refractivity contribution is 5.47. The number of hydrogen-bond donors (Lipinski definition) is 2. The highest BCUT2D eigenvalue weighted by Crippen LogP contribution is 2.22. The molecule has 0 amide bonds. The summed E-state index contributed by atoms with van der Waals surface area (Å²) in [6.07, 6.45) is 0.779. The van der Waals surface area contributed by atoms with E-state index in [1.165, 1.54) is 0 Å². The summed E-state index contributed by atoms with van der Waals surface area (Å²) >= 11 is 0. The SMILES string of the molecule is CNc1cccc(N2CCC(C)C(O)C2)n1. The van der Waals surface area contributed by atoms with E-state index in [4.69, 9.17) is 0 Å². The maximum atomic E-state index is 9.85. The number of aliphatic hydroxyl groups is 1. The monoisotopic (exact) mass is 221 g/mol. The number of pyridine rings is 1. The Morgan fingerprint density at radius 3 is 3.00 bits per heavy atom. The molecule has 4 nitrogen and oxygen atoms in total. The zero-order chi connectivity index (χ0) is 11.5. The Morgan fingerprint density at radius 2 is 2.31 bits per heavy atom. The summed E-state index contributed by atoms with van der Waals surface area (Å²) in [7, 11) is 1.86.